The van der Waals surface area contributed by atoms with Crippen LogP contribution in [0.5, 0.6) is 0 Å². The molecule has 0 unspecified atom stereocenters. The Bertz CT molecular complexity index is 1310. The van der Waals surface area contributed by atoms with E-state index in [1.54, 1.807) is 38.1 Å². The number of carbonyl (C=O) groups excluding carboxylic acids is 1. The fourth-order valence-corrected chi connectivity index (χ4v) is 5.27. The summed E-state index contributed by atoms with van der Waals surface area (Å²) in [6.07, 6.45) is -4.42. The maximum atomic E-state index is 13.2. The van der Waals surface area contributed by atoms with Crippen molar-refractivity contribution in [1.29, 1.82) is 0 Å². The van der Waals surface area contributed by atoms with E-state index in [9.17, 15) is 30.8 Å². The Balaban J connectivity index is 1.74. The van der Waals surface area contributed by atoms with Crippen LogP contribution in [0.1, 0.15) is 25.0 Å². The number of rotatable bonds is 8. The van der Waals surface area contributed by atoms with Gasteiger partial charge in [-0.3, -0.25) is 4.79 Å². The summed E-state index contributed by atoms with van der Waals surface area (Å²) >= 11 is 0. The lowest BCUT2D eigenvalue weighted by Crippen LogP contribution is -2.50. The van der Waals surface area contributed by atoms with Crippen LogP contribution in [-0.2, 0) is 27.5 Å². The van der Waals surface area contributed by atoms with Gasteiger partial charge in [0.1, 0.15) is 11.9 Å². The molecule has 192 valence electrons. The highest BCUT2D eigenvalue weighted by molar-refractivity contribution is 7.89. The third-order valence-corrected chi connectivity index (χ3v) is 7.58. The van der Waals surface area contributed by atoms with Crippen LogP contribution >= 0.6 is 0 Å². The second kappa shape index (κ2) is 10.8. The summed E-state index contributed by atoms with van der Waals surface area (Å²) in [5.41, 5.74) is 1.20. The molecule has 0 radical (unpaired) electrons. The average Bonchev–Trinajstić information content (AvgIpc) is 2.82. The van der Waals surface area contributed by atoms with Gasteiger partial charge >= 0.3 is 6.18 Å². The van der Waals surface area contributed by atoms with Gasteiger partial charge in [-0.1, -0.05) is 44.2 Å². The minimum Gasteiger partial charge on any atom is -0.351 e. The van der Waals surface area contributed by atoms with E-state index in [2.05, 4.69) is 5.32 Å². The predicted molar refractivity (Wildman–Crippen MR) is 129 cm³/mol. The molecule has 36 heavy (non-hydrogen) atoms. The van der Waals surface area contributed by atoms with Gasteiger partial charge in [-0.15, -0.1) is 0 Å². The highest BCUT2D eigenvalue weighted by Gasteiger charge is 2.35. The lowest BCUT2D eigenvalue weighted by Gasteiger charge is -2.29. The average molecular weight is 523 g/mol. The molecule has 0 saturated heterocycles. The van der Waals surface area contributed by atoms with Gasteiger partial charge in [0.2, 0.25) is 15.9 Å². The SMILES string of the molecule is CC(C)[C@@H](C(=O)NCc1cccc(-c2ccc(C(F)(F)F)cc2)c1)N(C)S(=O)(=O)c1ccc(F)cc1. The molecule has 0 saturated carbocycles. The number of likely N-dealkylation sites (N-methyl/N-ethyl adjacent to an activating group) is 1. The van der Waals surface area contributed by atoms with Gasteiger partial charge in [-0.05, 0) is 65.1 Å². The third kappa shape index (κ3) is 6.30. The van der Waals surface area contributed by atoms with Gasteiger partial charge in [0.15, 0.2) is 0 Å². The molecule has 3 rings (SSSR count). The summed E-state index contributed by atoms with van der Waals surface area (Å²) in [7, 11) is -2.76. The van der Waals surface area contributed by atoms with Crippen LogP contribution in [0, 0.1) is 11.7 Å². The van der Waals surface area contributed by atoms with Gasteiger partial charge in [-0.2, -0.15) is 17.5 Å². The standard InChI is InChI=1S/C26H26F4N2O3S/c1-17(2)24(32(3)36(34,35)23-13-11-22(27)12-14-23)25(33)31-16-18-5-4-6-20(15-18)19-7-9-21(10-8-19)26(28,29)30/h4-15,17,24H,16H2,1-3H3,(H,31,33)/t24-/m0/s1. The van der Waals surface area contributed by atoms with Crippen molar-refractivity contribution in [2.45, 2.75) is 37.5 Å². The molecule has 0 bridgehead atoms. The van der Waals surface area contributed by atoms with E-state index in [1.807, 2.05) is 0 Å². The van der Waals surface area contributed by atoms with Crippen LogP contribution in [0.3, 0.4) is 0 Å². The van der Waals surface area contributed by atoms with Crippen LogP contribution in [-0.4, -0.2) is 31.7 Å². The van der Waals surface area contributed by atoms with E-state index >= 15 is 0 Å². The van der Waals surface area contributed by atoms with Crippen LogP contribution in [0.15, 0.2) is 77.7 Å². The number of alkyl halides is 3. The van der Waals surface area contributed by atoms with E-state index < -0.39 is 39.5 Å². The largest absolute Gasteiger partial charge is 0.416 e. The van der Waals surface area contributed by atoms with Crippen molar-refractivity contribution in [1.82, 2.24) is 9.62 Å². The molecule has 0 aromatic heterocycles. The number of nitrogens with one attached hydrogen (secondary N) is 1. The van der Waals surface area contributed by atoms with Crippen LogP contribution in [0.2, 0.25) is 0 Å². The number of hydrogen-bond donors (Lipinski definition) is 1. The summed E-state index contributed by atoms with van der Waals surface area (Å²) in [5.74, 6) is -1.46. The zero-order chi connectivity index (χ0) is 26.7. The second-order valence-electron chi connectivity index (χ2n) is 8.66. The van der Waals surface area contributed by atoms with Crippen LogP contribution in [0.25, 0.3) is 11.1 Å². The molecule has 0 aliphatic rings. The Hall–Kier alpha value is -3.24. The Morgan fingerprint density at radius 1 is 0.944 bits per heavy atom. The molecule has 5 nitrogen and oxygen atoms in total. The van der Waals surface area contributed by atoms with Gasteiger partial charge in [0, 0.05) is 13.6 Å². The third-order valence-electron chi connectivity index (χ3n) is 5.72. The van der Waals surface area contributed by atoms with Gasteiger partial charge in [0.05, 0.1) is 10.5 Å². The summed E-state index contributed by atoms with van der Waals surface area (Å²) in [5, 5.41) is 2.75. The summed E-state index contributed by atoms with van der Waals surface area (Å²) < 4.78 is 78.7. The number of carbonyl (C=O) groups is 1. The molecule has 1 amide bonds. The van der Waals surface area contributed by atoms with E-state index in [-0.39, 0.29) is 17.4 Å². The van der Waals surface area contributed by atoms with Crippen LogP contribution < -0.4 is 5.32 Å². The number of sulfonamides is 1. The first-order valence-electron chi connectivity index (χ1n) is 11.1. The molecule has 1 N–H and O–H groups in total. The molecular formula is C26H26F4N2O3S. The highest BCUT2D eigenvalue weighted by Crippen LogP contribution is 2.31. The monoisotopic (exact) mass is 522 g/mol. The summed E-state index contributed by atoms with van der Waals surface area (Å²) in [4.78, 5) is 12.9. The maximum Gasteiger partial charge on any atom is 0.416 e. The fraction of sp³-hybridized carbons (Fsp3) is 0.269. The summed E-state index contributed by atoms with van der Waals surface area (Å²) in [6, 6.07) is 15.1. The molecule has 0 aliphatic carbocycles. The summed E-state index contributed by atoms with van der Waals surface area (Å²) in [6.45, 7) is 3.51. The Kier molecular flexibility index (Phi) is 8.20. The van der Waals surface area contributed by atoms with Crippen molar-refractivity contribution in [3.8, 4) is 11.1 Å². The van der Waals surface area contributed by atoms with Gasteiger partial charge in [-0.25, -0.2) is 12.8 Å². The Morgan fingerprint density at radius 2 is 1.56 bits per heavy atom. The molecule has 0 aliphatic heterocycles. The van der Waals surface area contributed by atoms with E-state index in [0.29, 0.717) is 16.7 Å². The highest BCUT2D eigenvalue weighted by atomic mass is 32.2. The first kappa shape index (κ1) is 27.3. The van der Waals surface area contributed by atoms with Crippen molar-refractivity contribution >= 4 is 15.9 Å². The molecule has 3 aromatic carbocycles. The molecule has 0 spiro atoms. The quantitative estimate of drug-likeness (QED) is 0.399. The smallest absolute Gasteiger partial charge is 0.351 e. The fourth-order valence-electron chi connectivity index (χ4n) is 3.82. The van der Waals surface area contributed by atoms with Crippen molar-refractivity contribution in [3.63, 3.8) is 0 Å². The normalized spacial score (nSPS) is 13.1. The number of nitrogens with zero attached hydrogens (tertiary/aromatic N) is 1. The van der Waals surface area contributed by atoms with Crippen molar-refractivity contribution < 1.29 is 30.8 Å². The number of halogens is 4. The predicted octanol–water partition coefficient (Wildman–Crippen LogP) is 5.47. The second-order valence-corrected chi connectivity index (χ2v) is 10.7. The lowest BCUT2D eigenvalue weighted by molar-refractivity contribution is -0.137. The minimum atomic E-state index is -4.42. The Labute approximate surface area is 207 Å². The zero-order valence-electron chi connectivity index (χ0n) is 19.9. The topological polar surface area (TPSA) is 66.5 Å². The van der Waals surface area contributed by atoms with Crippen LogP contribution in [0.4, 0.5) is 17.6 Å². The van der Waals surface area contributed by atoms with E-state index in [4.69, 9.17) is 0 Å². The molecule has 1 atom stereocenters. The van der Waals surface area contributed by atoms with Crippen molar-refractivity contribution in [2.24, 2.45) is 5.92 Å². The molecule has 3 aromatic rings. The van der Waals surface area contributed by atoms with Crippen molar-refractivity contribution in [2.75, 3.05) is 7.05 Å². The maximum absolute atomic E-state index is 13.2. The molecule has 10 heteroatoms. The first-order valence-corrected chi connectivity index (χ1v) is 12.5. The minimum absolute atomic E-state index is 0.0843. The molecular weight excluding hydrogens is 496 g/mol. The zero-order valence-corrected chi connectivity index (χ0v) is 20.7. The lowest BCUT2D eigenvalue weighted by atomic mass is 10.0. The number of amides is 1. The first-order chi connectivity index (χ1) is 16.8. The Morgan fingerprint density at radius 3 is 2.11 bits per heavy atom. The molecule has 0 heterocycles. The van der Waals surface area contributed by atoms with E-state index in [1.165, 1.54) is 19.2 Å². The van der Waals surface area contributed by atoms with Crippen molar-refractivity contribution in [3.05, 3.63) is 89.7 Å². The number of hydrogen-bond acceptors (Lipinski definition) is 3. The van der Waals surface area contributed by atoms with E-state index in [0.717, 1.165) is 40.7 Å². The molecule has 0 fully saturated rings. The number of benzene rings is 3. The van der Waals surface area contributed by atoms with Gasteiger partial charge < -0.3 is 5.32 Å². The van der Waals surface area contributed by atoms with Gasteiger partial charge in [0.25, 0.3) is 0 Å².